The van der Waals surface area contributed by atoms with Gasteiger partial charge in [0.05, 0.1) is 19.2 Å². The Balaban J connectivity index is 1.40. The minimum absolute atomic E-state index is 0.122. The fourth-order valence-electron chi connectivity index (χ4n) is 3.09. The van der Waals surface area contributed by atoms with Crippen molar-refractivity contribution in [2.45, 2.75) is 33.2 Å². The lowest BCUT2D eigenvalue weighted by Gasteiger charge is -2.01. The molecule has 0 bridgehead atoms. The monoisotopic (exact) mass is 423 g/mol. The molecule has 30 heavy (non-hydrogen) atoms. The number of anilines is 1. The van der Waals surface area contributed by atoms with Crippen LogP contribution in [0.25, 0.3) is 22.4 Å². The van der Waals surface area contributed by atoms with E-state index in [2.05, 4.69) is 28.6 Å². The quantitative estimate of drug-likeness (QED) is 0.455. The van der Waals surface area contributed by atoms with Crippen molar-refractivity contribution in [2.24, 2.45) is 0 Å². The first-order valence-corrected chi connectivity index (χ1v) is 10.5. The van der Waals surface area contributed by atoms with Crippen molar-refractivity contribution in [2.75, 3.05) is 5.32 Å². The van der Waals surface area contributed by atoms with Crippen LogP contribution in [-0.4, -0.2) is 16.8 Å². The SMILES string of the molecule is CCc1ccc2c(CC(=O)Nc3nc(-c4ccc(CNC(C)=O)o4)cs3)coc2c1. The number of benzene rings is 1. The molecule has 0 atom stereocenters. The second-order valence-corrected chi connectivity index (χ2v) is 7.74. The van der Waals surface area contributed by atoms with E-state index < -0.39 is 0 Å². The highest BCUT2D eigenvalue weighted by Crippen LogP contribution is 2.27. The van der Waals surface area contributed by atoms with Gasteiger partial charge >= 0.3 is 0 Å². The van der Waals surface area contributed by atoms with E-state index in [4.69, 9.17) is 8.83 Å². The summed E-state index contributed by atoms with van der Waals surface area (Å²) in [6.07, 6.45) is 2.77. The molecule has 3 heterocycles. The number of hydrogen-bond acceptors (Lipinski definition) is 6. The van der Waals surface area contributed by atoms with E-state index in [1.165, 1.54) is 23.8 Å². The van der Waals surface area contributed by atoms with Gasteiger partial charge in [-0.3, -0.25) is 9.59 Å². The Morgan fingerprint density at radius 2 is 2.07 bits per heavy atom. The Kier molecular flexibility index (Phi) is 5.67. The van der Waals surface area contributed by atoms with E-state index in [9.17, 15) is 9.59 Å². The van der Waals surface area contributed by atoms with Crippen molar-refractivity contribution in [3.05, 3.63) is 58.9 Å². The summed E-state index contributed by atoms with van der Waals surface area (Å²) in [7, 11) is 0. The Labute approximate surface area is 177 Å². The summed E-state index contributed by atoms with van der Waals surface area (Å²) in [5.41, 5.74) is 3.46. The van der Waals surface area contributed by atoms with Crippen LogP contribution in [0, 0.1) is 0 Å². The predicted octanol–water partition coefficient (Wildman–Crippen LogP) is 4.53. The van der Waals surface area contributed by atoms with Crippen molar-refractivity contribution < 1.29 is 18.4 Å². The molecule has 0 fully saturated rings. The molecule has 0 radical (unpaired) electrons. The summed E-state index contributed by atoms with van der Waals surface area (Å²) in [4.78, 5) is 27.9. The zero-order chi connectivity index (χ0) is 21.1. The highest BCUT2D eigenvalue weighted by atomic mass is 32.1. The summed E-state index contributed by atoms with van der Waals surface area (Å²) in [5, 5.41) is 8.78. The second-order valence-electron chi connectivity index (χ2n) is 6.88. The van der Waals surface area contributed by atoms with Gasteiger partial charge in [-0.1, -0.05) is 19.1 Å². The maximum atomic E-state index is 12.5. The first-order valence-electron chi connectivity index (χ1n) is 9.59. The number of nitrogens with zero attached hydrogens (tertiary/aromatic N) is 1. The van der Waals surface area contributed by atoms with E-state index in [1.54, 1.807) is 18.4 Å². The van der Waals surface area contributed by atoms with Crippen molar-refractivity contribution in [1.29, 1.82) is 0 Å². The van der Waals surface area contributed by atoms with E-state index in [1.807, 2.05) is 17.5 Å². The number of carbonyl (C=O) groups excluding carboxylic acids is 2. The van der Waals surface area contributed by atoms with Gasteiger partial charge in [0.25, 0.3) is 0 Å². The fraction of sp³-hybridized carbons (Fsp3) is 0.227. The molecule has 0 saturated carbocycles. The number of aryl methyl sites for hydroxylation is 1. The normalized spacial score (nSPS) is 11.0. The fourth-order valence-corrected chi connectivity index (χ4v) is 3.80. The molecule has 0 aliphatic rings. The number of thiazole rings is 1. The summed E-state index contributed by atoms with van der Waals surface area (Å²) in [6, 6.07) is 9.64. The number of aromatic nitrogens is 1. The third kappa shape index (κ3) is 4.44. The van der Waals surface area contributed by atoms with Crippen LogP contribution in [0.4, 0.5) is 5.13 Å². The highest BCUT2D eigenvalue weighted by molar-refractivity contribution is 7.14. The van der Waals surface area contributed by atoms with E-state index in [0.29, 0.717) is 28.9 Å². The molecule has 3 aromatic heterocycles. The third-order valence-electron chi connectivity index (χ3n) is 4.66. The molecule has 1 aromatic carbocycles. The number of nitrogens with one attached hydrogen (secondary N) is 2. The van der Waals surface area contributed by atoms with Crippen LogP contribution >= 0.6 is 11.3 Å². The van der Waals surface area contributed by atoms with Crippen LogP contribution in [0.1, 0.15) is 30.7 Å². The van der Waals surface area contributed by atoms with Gasteiger partial charge < -0.3 is 19.5 Å². The van der Waals surface area contributed by atoms with Crippen molar-refractivity contribution >= 4 is 39.3 Å². The summed E-state index contributed by atoms with van der Waals surface area (Å²) < 4.78 is 11.3. The minimum atomic E-state index is -0.163. The molecular weight excluding hydrogens is 402 g/mol. The van der Waals surface area contributed by atoms with Gasteiger partial charge in [-0.25, -0.2) is 4.98 Å². The Morgan fingerprint density at radius 3 is 2.87 bits per heavy atom. The standard InChI is InChI=1S/C22H21N3O4S/c1-3-14-4-6-17-15(11-28-20(17)8-14)9-21(27)25-22-24-18(12-30-22)19-7-5-16(29-19)10-23-13(2)26/h4-8,11-12H,3,9-10H2,1-2H3,(H,23,26)(H,24,25,27). The Morgan fingerprint density at radius 1 is 1.20 bits per heavy atom. The summed E-state index contributed by atoms with van der Waals surface area (Å²) in [5.74, 6) is 0.934. The molecule has 0 spiro atoms. The van der Waals surface area contributed by atoms with Crippen molar-refractivity contribution in [3.63, 3.8) is 0 Å². The molecule has 0 aliphatic heterocycles. The third-order valence-corrected chi connectivity index (χ3v) is 5.41. The lowest BCUT2D eigenvalue weighted by atomic mass is 10.1. The number of furan rings is 2. The van der Waals surface area contributed by atoms with Crippen LogP contribution in [-0.2, 0) is 29.0 Å². The molecule has 7 nitrogen and oxygen atoms in total. The topological polar surface area (TPSA) is 97.4 Å². The minimum Gasteiger partial charge on any atom is -0.464 e. The molecule has 8 heteroatoms. The number of hydrogen-bond donors (Lipinski definition) is 2. The van der Waals surface area contributed by atoms with Gasteiger partial charge in [-0.2, -0.15) is 0 Å². The molecule has 2 N–H and O–H groups in total. The average molecular weight is 423 g/mol. The average Bonchev–Trinajstić information content (AvgIpc) is 3.46. The maximum absolute atomic E-state index is 12.5. The van der Waals surface area contributed by atoms with Crippen LogP contribution < -0.4 is 10.6 Å². The zero-order valence-electron chi connectivity index (χ0n) is 16.7. The van der Waals surface area contributed by atoms with Gasteiger partial charge in [0.1, 0.15) is 17.0 Å². The molecule has 0 aliphatic carbocycles. The number of fused-ring (bicyclic) bond motifs is 1. The molecule has 154 valence electrons. The molecule has 0 saturated heterocycles. The molecular formula is C22H21N3O4S. The van der Waals surface area contributed by atoms with Crippen molar-refractivity contribution in [3.8, 4) is 11.5 Å². The van der Waals surface area contributed by atoms with Crippen LogP contribution in [0.3, 0.4) is 0 Å². The van der Waals surface area contributed by atoms with E-state index in [-0.39, 0.29) is 18.2 Å². The Hall–Kier alpha value is -3.39. The first-order chi connectivity index (χ1) is 14.5. The largest absolute Gasteiger partial charge is 0.464 e. The van der Waals surface area contributed by atoms with Crippen LogP contribution in [0.5, 0.6) is 0 Å². The number of carbonyl (C=O) groups is 2. The van der Waals surface area contributed by atoms with Crippen LogP contribution in [0.15, 0.2) is 50.8 Å². The zero-order valence-corrected chi connectivity index (χ0v) is 17.5. The van der Waals surface area contributed by atoms with E-state index >= 15 is 0 Å². The van der Waals surface area contributed by atoms with Crippen molar-refractivity contribution in [1.82, 2.24) is 10.3 Å². The van der Waals surface area contributed by atoms with Gasteiger partial charge in [0.15, 0.2) is 10.9 Å². The molecule has 4 aromatic rings. The predicted molar refractivity (Wildman–Crippen MR) is 115 cm³/mol. The number of amides is 2. The molecule has 0 unspecified atom stereocenters. The Bertz CT molecular complexity index is 1200. The molecule has 4 rings (SSSR count). The van der Waals surface area contributed by atoms with Gasteiger partial charge in [-0.15, -0.1) is 11.3 Å². The molecule has 2 amide bonds. The lowest BCUT2D eigenvalue weighted by Crippen LogP contribution is -2.18. The van der Waals surface area contributed by atoms with Crippen LogP contribution in [0.2, 0.25) is 0 Å². The second kappa shape index (κ2) is 8.54. The highest BCUT2D eigenvalue weighted by Gasteiger charge is 2.14. The summed E-state index contributed by atoms with van der Waals surface area (Å²) >= 11 is 1.33. The van der Waals surface area contributed by atoms with E-state index in [0.717, 1.165) is 23.0 Å². The smallest absolute Gasteiger partial charge is 0.230 e. The summed E-state index contributed by atoms with van der Waals surface area (Å²) in [6.45, 7) is 3.86. The van der Waals surface area contributed by atoms with Gasteiger partial charge in [0, 0.05) is 23.3 Å². The number of rotatable bonds is 7. The lowest BCUT2D eigenvalue weighted by molar-refractivity contribution is -0.119. The first kappa shape index (κ1) is 19.9. The maximum Gasteiger partial charge on any atom is 0.230 e. The van der Waals surface area contributed by atoms with Gasteiger partial charge in [0.2, 0.25) is 11.8 Å². The van der Waals surface area contributed by atoms with Gasteiger partial charge in [-0.05, 0) is 30.2 Å².